The molecule has 5 N–H and O–H groups in total. The number of aryl methyl sites for hydroxylation is 1. The highest BCUT2D eigenvalue weighted by atomic mass is 16.5. The molecule has 0 aliphatic rings. The normalized spacial score (nSPS) is 12.0. The summed E-state index contributed by atoms with van der Waals surface area (Å²) in [7, 11) is 1.60. The van der Waals surface area contributed by atoms with Crippen LogP contribution in [-0.2, 0) is 0 Å². The topological polar surface area (TPSA) is 117 Å². The van der Waals surface area contributed by atoms with Crippen LogP contribution in [0.1, 0.15) is 24.0 Å². The second-order valence-electron chi connectivity index (χ2n) is 5.02. The van der Waals surface area contributed by atoms with E-state index in [2.05, 4.69) is 9.97 Å². The lowest BCUT2D eigenvalue weighted by Crippen LogP contribution is -2.05. The van der Waals surface area contributed by atoms with E-state index in [1.54, 1.807) is 7.11 Å². The van der Waals surface area contributed by atoms with E-state index in [0.29, 0.717) is 11.5 Å². The molecule has 0 aliphatic heterocycles. The average molecular weight is 304 g/mol. The Kier molecular flexibility index (Phi) is 4.67. The largest absolute Gasteiger partial charge is 0.496 e. The molecule has 2 rings (SSSR count). The van der Waals surface area contributed by atoms with Gasteiger partial charge < -0.3 is 26.0 Å². The molecule has 0 saturated carbocycles. The quantitative estimate of drug-likeness (QED) is 0.771. The highest BCUT2D eigenvalue weighted by Gasteiger charge is 2.17. The van der Waals surface area contributed by atoms with Crippen molar-refractivity contribution in [3.8, 4) is 17.2 Å². The minimum Gasteiger partial charge on any atom is -0.496 e. The van der Waals surface area contributed by atoms with Crippen molar-refractivity contribution in [2.24, 2.45) is 0 Å². The molecule has 0 bridgehead atoms. The van der Waals surface area contributed by atoms with Crippen molar-refractivity contribution in [1.29, 1.82) is 0 Å². The smallest absolute Gasteiger partial charge is 0.222 e. The summed E-state index contributed by atoms with van der Waals surface area (Å²) < 4.78 is 11.1. The SMILES string of the molecule is COc1cc(C(C)CO)c(Oc2cnc(N)nc2N)cc1C. The van der Waals surface area contributed by atoms with Crippen LogP contribution in [0.2, 0.25) is 0 Å². The molecule has 0 aliphatic carbocycles. The molecule has 1 aromatic carbocycles. The van der Waals surface area contributed by atoms with Crippen LogP contribution in [0.5, 0.6) is 17.2 Å². The molecule has 22 heavy (non-hydrogen) atoms. The molecule has 1 unspecified atom stereocenters. The van der Waals surface area contributed by atoms with Gasteiger partial charge in [-0.2, -0.15) is 4.98 Å². The van der Waals surface area contributed by atoms with E-state index in [4.69, 9.17) is 20.9 Å². The number of hydrogen-bond acceptors (Lipinski definition) is 7. The van der Waals surface area contributed by atoms with E-state index < -0.39 is 0 Å². The van der Waals surface area contributed by atoms with Crippen LogP contribution in [0.15, 0.2) is 18.3 Å². The summed E-state index contributed by atoms with van der Waals surface area (Å²) in [5.74, 6) is 1.72. The third kappa shape index (κ3) is 3.20. The molecule has 0 fully saturated rings. The first-order chi connectivity index (χ1) is 10.5. The second-order valence-corrected chi connectivity index (χ2v) is 5.02. The van der Waals surface area contributed by atoms with Gasteiger partial charge in [0.05, 0.1) is 13.3 Å². The summed E-state index contributed by atoms with van der Waals surface area (Å²) in [6.45, 7) is 3.78. The number of hydrogen-bond donors (Lipinski definition) is 3. The number of nitrogen functional groups attached to an aromatic ring is 2. The number of methoxy groups -OCH3 is 1. The van der Waals surface area contributed by atoms with E-state index in [1.165, 1.54) is 6.20 Å². The van der Waals surface area contributed by atoms with Gasteiger partial charge in [-0.1, -0.05) is 6.92 Å². The average Bonchev–Trinajstić information content (AvgIpc) is 2.49. The Morgan fingerprint density at radius 2 is 1.95 bits per heavy atom. The maximum Gasteiger partial charge on any atom is 0.222 e. The van der Waals surface area contributed by atoms with E-state index in [-0.39, 0.29) is 24.3 Å². The first-order valence-electron chi connectivity index (χ1n) is 6.81. The summed E-state index contributed by atoms with van der Waals surface area (Å²) in [5.41, 5.74) is 13.0. The van der Waals surface area contributed by atoms with Crippen LogP contribution < -0.4 is 20.9 Å². The molecule has 1 aromatic heterocycles. The summed E-state index contributed by atoms with van der Waals surface area (Å²) in [5, 5.41) is 9.44. The molecular formula is C15H20N4O3. The molecule has 1 atom stereocenters. The van der Waals surface area contributed by atoms with Gasteiger partial charge in [-0.25, -0.2) is 4.98 Å². The van der Waals surface area contributed by atoms with E-state index in [0.717, 1.165) is 16.9 Å². The van der Waals surface area contributed by atoms with Gasteiger partial charge in [-0.3, -0.25) is 0 Å². The van der Waals surface area contributed by atoms with Crippen LogP contribution in [0.3, 0.4) is 0 Å². The zero-order valence-electron chi connectivity index (χ0n) is 12.8. The van der Waals surface area contributed by atoms with Crippen LogP contribution in [0.25, 0.3) is 0 Å². The van der Waals surface area contributed by atoms with Gasteiger partial charge in [0.25, 0.3) is 0 Å². The lowest BCUT2D eigenvalue weighted by Gasteiger charge is -2.18. The molecule has 118 valence electrons. The number of anilines is 2. The highest BCUT2D eigenvalue weighted by Crippen LogP contribution is 2.36. The second kappa shape index (κ2) is 6.48. The minimum absolute atomic E-state index is 0.0176. The summed E-state index contributed by atoms with van der Waals surface area (Å²) in [6.07, 6.45) is 1.42. The minimum atomic E-state index is -0.125. The van der Waals surface area contributed by atoms with Gasteiger partial charge in [-0.15, -0.1) is 0 Å². The number of nitrogens with zero attached hydrogens (tertiary/aromatic N) is 2. The molecule has 1 heterocycles. The predicted octanol–water partition coefficient (Wildman–Crippen LogP) is 1.85. The Morgan fingerprint density at radius 3 is 2.55 bits per heavy atom. The van der Waals surface area contributed by atoms with Gasteiger partial charge in [0.2, 0.25) is 5.95 Å². The molecule has 0 radical (unpaired) electrons. The van der Waals surface area contributed by atoms with Crippen LogP contribution in [0, 0.1) is 6.92 Å². The lowest BCUT2D eigenvalue weighted by molar-refractivity contribution is 0.270. The van der Waals surface area contributed by atoms with Gasteiger partial charge in [0.15, 0.2) is 11.6 Å². The van der Waals surface area contributed by atoms with Crippen molar-refractivity contribution in [1.82, 2.24) is 9.97 Å². The predicted molar refractivity (Wildman–Crippen MR) is 84.2 cm³/mol. The fourth-order valence-corrected chi connectivity index (χ4v) is 2.06. The van der Waals surface area contributed by atoms with Crippen molar-refractivity contribution in [2.45, 2.75) is 19.8 Å². The Morgan fingerprint density at radius 1 is 1.23 bits per heavy atom. The fourth-order valence-electron chi connectivity index (χ4n) is 2.06. The number of ether oxygens (including phenoxy) is 2. The monoisotopic (exact) mass is 304 g/mol. The van der Waals surface area contributed by atoms with E-state index in [9.17, 15) is 5.11 Å². The molecule has 7 heteroatoms. The number of nitrogens with two attached hydrogens (primary N) is 2. The number of aliphatic hydroxyl groups is 1. The molecule has 0 saturated heterocycles. The van der Waals surface area contributed by atoms with Gasteiger partial charge in [-0.05, 0) is 24.6 Å². The standard InChI is InChI=1S/C15H20N4O3/c1-8-4-12(10(9(2)7-20)5-11(8)21-3)22-13-6-18-15(17)19-14(13)16/h4-6,9,20H,7H2,1-3H3,(H4,16,17,18,19). The van der Waals surface area contributed by atoms with Crippen LogP contribution in [-0.4, -0.2) is 28.8 Å². The van der Waals surface area contributed by atoms with Crippen molar-refractivity contribution >= 4 is 11.8 Å². The Labute approximate surface area is 128 Å². The zero-order chi connectivity index (χ0) is 16.3. The van der Waals surface area contributed by atoms with Crippen LogP contribution >= 0.6 is 0 Å². The first-order valence-corrected chi connectivity index (χ1v) is 6.81. The van der Waals surface area contributed by atoms with Gasteiger partial charge in [0, 0.05) is 18.1 Å². The first kappa shape index (κ1) is 15.8. The maximum absolute atomic E-state index is 9.44. The lowest BCUT2D eigenvalue weighted by atomic mass is 9.98. The summed E-state index contributed by atoms with van der Waals surface area (Å²) >= 11 is 0. The summed E-state index contributed by atoms with van der Waals surface area (Å²) in [6, 6.07) is 3.68. The van der Waals surface area contributed by atoms with Gasteiger partial charge in [0.1, 0.15) is 11.5 Å². The van der Waals surface area contributed by atoms with Crippen LogP contribution in [0.4, 0.5) is 11.8 Å². The van der Waals surface area contributed by atoms with E-state index >= 15 is 0 Å². The molecular weight excluding hydrogens is 284 g/mol. The van der Waals surface area contributed by atoms with E-state index in [1.807, 2.05) is 26.0 Å². The van der Waals surface area contributed by atoms with Crippen molar-refractivity contribution in [3.05, 3.63) is 29.5 Å². The third-order valence-corrected chi connectivity index (χ3v) is 3.35. The Balaban J connectivity index is 2.46. The van der Waals surface area contributed by atoms with Gasteiger partial charge >= 0.3 is 0 Å². The van der Waals surface area contributed by atoms with Crippen molar-refractivity contribution < 1.29 is 14.6 Å². The maximum atomic E-state index is 9.44. The Hall–Kier alpha value is -2.54. The molecule has 0 amide bonds. The fraction of sp³-hybridized carbons (Fsp3) is 0.333. The highest BCUT2D eigenvalue weighted by molar-refractivity contribution is 5.53. The van der Waals surface area contributed by atoms with Crippen molar-refractivity contribution in [2.75, 3.05) is 25.2 Å². The summed E-state index contributed by atoms with van der Waals surface area (Å²) in [4.78, 5) is 7.74. The molecule has 2 aromatic rings. The zero-order valence-corrected chi connectivity index (χ0v) is 12.8. The number of rotatable bonds is 5. The molecule has 7 nitrogen and oxygen atoms in total. The third-order valence-electron chi connectivity index (χ3n) is 3.35. The number of aromatic nitrogens is 2. The van der Waals surface area contributed by atoms with Crippen molar-refractivity contribution in [3.63, 3.8) is 0 Å². The number of benzene rings is 1. The Bertz CT molecular complexity index is 676. The molecule has 0 spiro atoms. The number of aliphatic hydroxyl groups excluding tert-OH is 1.